The molecule has 0 amide bonds. The molecule has 14 heavy (non-hydrogen) atoms. The minimum absolute atomic E-state index is 0.524. The molecule has 1 aromatic rings. The van der Waals surface area contributed by atoms with E-state index in [1.807, 2.05) is 6.92 Å². The van der Waals surface area contributed by atoms with Crippen molar-refractivity contribution in [1.29, 1.82) is 0 Å². The highest BCUT2D eigenvalue weighted by Gasteiger charge is 2.13. The Morgan fingerprint density at radius 1 is 1.43 bits per heavy atom. The maximum atomic E-state index is 4.41. The zero-order chi connectivity index (χ0) is 10.6. The summed E-state index contributed by atoms with van der Waals surface area (Å²) in [6, 6.07) is 0.524. The van der Waals surface area contributed by atoms with Gasteiger partial charge in [0.05, 0.1) is 5.69 Å². The lowest BCUT2D eigenvalue weighted by molar-refractivity contribution is 0.437. The Balaban J connectivity index is 2.51. The van der Waals surface area contributed by atoms with Gasteiger partial charge in [-0.05, 0) is 19.8 Å². The summed E-state index contributed by atoms with van der Waals surface area (Å²) in [6.07, 6.45) is 2.46. The molecule has 1 atom stereocenters. The molecule has 1 heterocycles. The minimum atomic E-state index is 0.524. The molecule has 0 bridgehead atoms. The van der Waals surface area contributed by atoms with Crippen LogP contribution in [0.4, 0.5) is 5.13 Å². The van der Waals surface area contributed by atoms with Crippen molar-refractivity contribution in [2.45, 2.75) is 46.6 Å². The molecule has 0 aliphatic carbocycles. The van der Waals surface area contributed by atoms with Crippen molar-refractivity contribution < 1.29 is 0 Å². The zero-order valence-electron chi connectivity index (χ0n) is 9.50. The average molecular weight is 212 g/mol. The molecule has 1 unspecified atom stereocenters. The zero-order valence-corrected chi connectivity index (χ0v) is 10.3. The van der Waals surface area contributed by atoms with Crippen molar-refractivity contribution in [3.8, 4) is 0 Å². The fourth-order valence-corrected chi connectivity index (χ4v) is 2.51. The molecular weight excluding hydrogens is 192 g/mol. The Labute approximate surface area is 90.8 Å². The van der Waals surface area contributed by atoms with Gasteiger partial charge in [0, 0.05) is 11.4 Å². The summed E-state index contributed by atoms with van der Waals surface area (Å²) in [5.41, 5.74) is 1.11. The Hall–Kier alpha value is -0.570. The first-order valence-corrected chi connectivity index (χ1v) is 6.24. The molecule has 1 N–H and O–H groups in total. The van der Waals surface area contributed by atoms with Crippen molar-refractivity contribution in [3.63, 3.8) is 0 Å². The second-order valence-electron chi connectivity index (χ2n) is 3.80. The van der Waals surface area contributed by atoms with E-state index in [1.54, 1.807) is 11.3 Å². The molecule has 0 aliphatic rings. The van der Waals surface area contributed by atoms with Crippen molar-refractivity contribution in [2.24, 2.45) is 5.92 Å². The van der Waals surface area contributed by atoms with Gasteiger partial charge in [0.15, 0.2) is 5.13 Å². The van der Waals surface area contributed by atoms with Crippen LogP contribution in [0.15, 0.2) is 5.38 Å². The number of nitrogens with zero attached hydrogens (tertiary/aromatic N) is 1. The van der Waals surface area contributed by atoms with Gasteiger partial charge >= 0.3 is 0 Å². The fourth-order valence-electron chi connectivity index (χ4n) is 1.73. The molecule has 3 heteroatoms. The van der Waals surface area contributed by atoms with Crippen LogP contribution in [0, 0.1) is 12.8 Å². The summed E-state index contributed by atoms with van der Waals surface area (Å²) < 4.78 is 0. The van der Waals surface area contributed by atoms with E-state index in [-0.39, 0.29) is 0 Å². The number of aromatic nitrogens is 1. The number of nitrogens with one attached hydrogen (secondary N) is 1. The number of anilines is 1. The van der Waals surface area contributed by atoms with Crippen molar-refractivity contribution >= 4 is 16.5 Å². The Kier molecular flexibility index (Phi) is 4.39. The second-order valence-corrected chi connectivity index (χ2v) is 4.66. The van der Waals surface area contributed by atoms with Crippen LogP contribution in [0.5, 0.6) is 0 Å². The van der Waals surface area contributed by atoms with E-state index in [0.29, 0.717) is 6.04 Å². The molecule has 0 spiro atoms. The predicted molar refractivity (Wildman–Crippen MR) is 64.0 cm³/mol. The number of thiazole rings is 1. The molecule has 1 aromatic heterocycles. The van der Waals surface area contributed by atoms with Crippen molar-refractivity contribution in [2.75, 3.05) is 5.32 Å². The Morgan fingerprint density at radius 3 is 2.50 bits per heavy atom. The Bertz CT molecular complexity index is 266. The van der Waals surface area contributed by atoms with Crippen LogP contribution in [0.3, 0.4) is 0 Å². The third-order valence-corrected chi connectivity index (χ3v) is 3.62. The third kappa shape index (κ3) is 2.98. The van der Waals surface area contributed by atoms with E-state index in [4.69, 9.17) is 0 Å². The lowest BCUT2D eigenvalue weighted by Gasteiger charge is -2.21. The molecule has 0 aromatic carbocycles. The van der Waals surface area contributed by atoms with E-state index >= 15 is 0 Å². The van der Waals surface area contributed by atoms with Crippen LogP contribution in [-0.2, 0) is 0 Å². The van der Waals surface area contributed by atoms with Crippen LogP contribution in [0.25, 0.3) is 0 Å². The van der Waals surface area contributed by atoms with E-state index in [9.17, 15) is 0 Å². The lowest BCUT2D eigenvalue weighted by atomic mass is 9.96. The van der Waals surface area contributed by atoms with Crippen LogP contribution < -0.4 is 5.32 Å². The van der Waals surface area contributed by atoms with Crippen molar-refractivity contribution in [1.82, 2.24) is 4.98 Å². The number of hydrogen-bond acceptors (Lipinski definition) is 3. The van der Waals surface area contributed by atoms with Gasteiger partial charge in [0.1, 0.15) is 0 Å². The fraction of sp³-hybridized carbons (Fsp3) is 0.727. The van der Waals surface area contributed by atoms with Crippen LogP contribution in [0.2, 0.25) is 0 Å². The first kappa shape index (κ1) is 11.5. The van der Waals surface area contributed by atoms with Gasteiger partial charge in [-0.15, -0.1) is 11.3 Å². The van der Waals surface area contributed by atoms with Gasteiger partial charge in [-0.25, -0.2) is 4.98 Å². The molecule has 80 valence electrons. The smallest absolute Gasteiger partial charge is 0.183 e. The van der Waals surface area contributed by atoms with Gasteiger partial charge in [-0.1, -0.05) is 26.7 Å². The number of rotatable bonds is 5. The molecule has 0 saturated heterocycles. The molecule has 0 aliphatic heterocycles. The summed E-state index contributed by atoms with van der Waals surface area (Å²) in [7, 11) is 0. The normalized spacial score (nSPS) is 13.2. The van der Waals surface area contributed by atoms with Gasteiger partial charge in [0.2, 0.25) is 0 Å². The second kappa shape index (κ2) is 5.35. The summed E-state index contributed by atoms with van der Waals surface area (Å²) in [4.78, 5) is 4.41. The van der Waals surface area contributed by atoms with Gasteiger partial charge in [-0.2, -0.15) is 0 Å². The maximum Gasteiger partial charge on any atom is 0.183 e. The SMILES string of the molecule is CCC(CC)C(C)Nc1nc(C)cs1. The largest absolute Gasteiger partial charge is 0.359 e. The van der Waals surface area contributed by atoms with Gasteiger partial charge in [0.25, 0.3) is 0 Å². The maximum absolute atomic E-state index is 4.41. The topological polar surface area (TPSA) is 24.9 Å². The molecule has 1 rings (SSSR count). The first-order valence-electron chi connectivity index (χ1n) is 5.36. The predicted octanol–water partition coefficient (Wildman–Crippen LogP) is 3.69. The highest BCUT2D eigenvalue weighted by molar-refractivity contribution is 7.13. The highest BCUT2D eigenvalue weighted by Crippen LogP contribution is 2.20. The molecule has 2 nitrogen and oxygen atoms in total. The van der Waals surface area contributed by atoms with Crippen LogP contribution >= 0.6 is 11.3 Å². The highest BCUT2D eigenvalue weighted by atomic mass is 32.1. The number of aryl methyl sites for hydroxylation is 1. The van der Waals surface area contributed by atoms with Crippen molar-refractivity contribution in [3.05, 3.63) is 11.1 Å². The molecule has 0 saturated carbocycles. The minimum Gasteiger partial charge on any atom is -0.359 e. The lowest BCUT2D eigenvalue weighted by Crippen LogP contribution is -2.24. The Morgan fingerprint density at radius 2 is 2.07 bits per heavy atom. The monoisotopic (exact) mass is 212 g/mol. The average Bonchev–Trinajstić information content (AvgIpc) is 2.53. The van der Waals surface area contributed by atoms with E-state index in [1.165, 1.54) is 12.8 Å². The molecular formula is C11H20N2S. The quantitative estimate of drug-likeness (QED) is 0.805. The molecule has 0 fully saturated rings. The summed E-state index contributed by atoms with van der Waals surface area (Å²) in [5, 5.41) is 6.61. The van der Waals surface area contributed by atoms with Gasteiger partial charge < -0.3 is 5.32 Å². The van der Waals surface area contributed by atoms with E-state index in [2.05, 4.69) is 36.5 Å². The van der Waals surface area contributed by atoms with Gasteiger partial charge in [-0.3, -0.25) is 0 Å². The van der Waals surface area contributed by atoms with E-state index < -0.39 is 0 Å². The summed E-state index contributed by atoms with van der Waals surface area (Å²) in [5.74, 6) is 0.749. The summed E-state index contributed by atoms with van der Waals surface area (Å²) >= 11 is 1.69. The first-order chi connectivity index (χ1) is 6.67. The van der Waals surface area contributed by atoms with Crippen LogP contribution in [-0.4, -0.2) is 11.0 Å². The standard InChI is InChI=1S/C11H20N2S/c1-5-10(6-2)9(4)13-11-12-8(3)7-14-11/h7,9-10H,5-6H2,1-4H3,(H,12,13). The molecule has 0 radical (unpaired) electrons. The van der Waals surface area contributed by atoms with Crippen LogP contribution in [0.1, 0.15) is 39.3 Å². The van der Waals surface area contributed by atoms with E-state index in [0.717, 1.165) is 16.7 Å². The third-order valence-electron chi connectivity index (χ3n) is 2.73. The summed E-state index contributed by atoms with van der Waals surface area (Å²) in [6.45, 7) is 8.77. The number of hydrogen-bond donors (Lipinski definition) is 1.